The number of benzene rings is 10. The largest absolute Gasteiger partial charge is 0.311 e. The molecule has 2 heteroatoms. The zero-order valence-corrected chi connectivity index (χ0v) is 34.1. The van der Waals surface area contributed by atoms with Gasteiger partial charge in [0.2, 0.25) is 0 Å². The average molecular weight is 791 g/mol. The molecule has 0 saturated heterocycles. The van der Waals surface area contributed by atoms with E-state index in [1.54, 1.807) is 0 Å². The molecule has 1 aromatic heterocycles. The second-order valence-electron chi connectivity index (χ2n) is 15.7. The normalized spacial score (nSPS) is 11.2. The van der Waals surface area contributed by atoms with Crippen LogP contribution in [0.5, 0.6) is 0 Å². The molecular weight excluding hydrogens is 749 g/mol. The lowest BCUT2D eigenvalue weighted by Gasteiger charge is -2.26. The Morgan fingerprint density at radius 1 is 0.274 bits per heavy atom. The van der Waals surface area contributed by atoms with Gasteiger partial charge in [0.15, 0.2) is 0 Å². The van der Waals surface area contributed by atoms with E-state index < -0.39 is 0 Å². The van der Waals surface area contributed by atoms with E-state index in [0.29, 0.717) is 0 Å². The van der Waals surface area contributed by atoms with Crippen LogP contribution in [0.15, 0.2) is 255 Å². The number of rotatable bonds is 9. The molecule has 0 bridgehead atoms. The molecule has 0 aliphatic heterocycles. The molecule has 0 spiro atoms. The maximum atomic E-state index is 2.45. The third-order valence-corrected chi connectivity index (χ3v) is 12.0. The van der Waals surface area contributed by atoms with E-state index >= 15 is 0 Å². The Morgan fingerprint density at radius 3 is 1.10 bits per heavy atom. The first-order valence-electron chi connectivity index (χ1n) is 21.3. The first-order valence-corrected chi connectivity index (χ1v) is 21.3. The van der Waals surface area contributed by atoms with Crippen LogP contribution in [-0.4, -0.2) is 4.57 Å². The molecule has 11 aromatic rings. The van der Waals surface area contributed by atoms with Crippen LogP contribution in [0.4, 0.5) is 17.1 Å². The lowest BCUT2D eigenvalue weighted by Crippen LogP contribution is -2.09. The van der Waals surface area contributed by atoms with Gasteiger partial charge in [0.05, 0.1) is 11.0 Å². The van der Waals surface area contributed by atoms with Gasteiger partial charge in [-0.05, 0) is 111 Å². The third-order valence-electron chi connectivity index (χ3n) is 12.0. The number of aromatic nitrogens is 1. The maximum Gasteiger partial charge on any atom is 0.0625 e. The standard InChI is InChI=1S/C60H42N2/c1-6-16-43(17-7-1)45-26-33-52(34-27-45)61(53-35-28-46(29-36-53)44-18-8-2-9-19-44)54-37-30-47(31-38-54)50-32-41-58-57(42-50)59-55(48-20-10-3-11-21-48)39-40-56(49-22-12-4-13-23-49)60(59)62(58)51-24-14-5-15-25-51/h1-42H. The lowest BCUT2D eigenvalue weighted by molar-refractivity contribution is 1.18. The summed E-state index contributed by atoms with van der Waals surface area (Å²) in [7, 11) is 0. The number of para-hydroxylation sites is 1. The number of hydrogen-bond acceptors (Lipinski definition) is 1. The van der Waals surface area contributed by atoms with Gasteiger partial charge in [0.1, 0.15) is 0 Å². The fraction of sp³-hybridized carbons (Fsp3) is 0. The third kappa shape index (κ3) is 6.84. The minimum Gasteiger partial charge on any atom is -0.311 e. The summed E-state index contributed by atoms with van der Waals surface area (Å²) >= 11 is 0. The van der Waals surface area contributed by atoms with Crippen LogP contribution in [-0.2, 0) is 0 Å². The highest BCUT2D eigenvalue weighted by molar-refractivity contribution is 6.20. The number of anilines is 3. The van der Waals surface area contributed by atoms with Crippen molar-refractivity contribution in [1.29, 1.82) is 0 Å². The van der Waals surface area contributed by atoms with E-state index in [-0.39, 0.29) is 0 Å². The summed E-state index contributed by atoms with van der Waals surface area (Å²) in [5.41, 5.74) is 18.8. The van der Waals surface area contributed by atoms with E-state index in [2.05, 4.69) is 264 Å². The van der Waals surface area contributed by atoms with Gasteiger partial charge in [-0.15, -0.1) is 0 Å². The van der Waals surface area contributed by atoms with Crippen molar-refractivity contribution in [1.82, 2.24) is 4.57 Å². The predicted molar refractivity (Wildman–Crippen MR) is 263 cm³/mol. The number of nitrogens with zero attached hydrogens (tertiary/aromatic N) is 2. The quantitative estimate of drug-likeness (QED) is 0.141. The van der Waals surface area contributed by atoms with Crippen molar-refractivity contribution in [3.05, 3.63) is 255 Å². The first-order chi connectivity index (χ1) is 30.8. The highest BCUT2D eigenvalue weighted by Crippen LogP contribution is 2.45. The Kier molecular flexibility index (Phi) is 9.57. The fourth-order valence-corrected chi connectivity index (χ4v) is 9.00. The molecular formula is C60H42N2. The van der Waals surface area contributed by atoms with E-state index in [0.717, 1.165) is 28.3 Å². The molecule has 10 aromatic carbocycles. The molecule has 0 aliphatic carbocycles. The molecule has 11 rings (SSSR count). The molecule has 2 nitrogen and oxygen atoms in total. The molecule has 0 radical (unpaired) electrons. The zero-order valence-electron chi connectivity index (χ0n) is 34.1. The van der Waals surface area contributed by atoms with Gasteiger partial charge in [-0.3, -0.25) is 0 Å². The van der Waals surface area contributed by atoms with Gasteiger partial charge < -0.3 is 9.47 Å². The van der Waals surface area contributed by atoms with Crippen molar-refractivity contribution in [3.8, 4) is 61.3 Å². The van der Waals surface area contributed by atoms with Crippen molar-refractivity contribution in [2.75, 3.05) is 4.90 Å². The molecule has 292 valence electrons. The zero-order chi connectivity index (χ0) is 41.2. The van der Waals surface area contributed by atoms with Crippen molar-refractivity contribution in [2.45, 2.75) is 0 Å². The van der Waals surface area contributed by atoms with Crippen LogP contribution in [0.25, 0.3) is 83.1 Å². The highest BCUT2D eigenvalue weighted by atomic mass is 15.1. The molecule has 0 amide bonds. The first kappa shape index (κ1) is 36.8. The minimum atomic E-state index is 1.09. The van der Waals surface area contributed by atoms with Gasteiger partial charge in [-0.1, -0.05) is 194 Å². The molecule has 0 fully saturated rings. The Balaban J connectivity index is 1.05. The topological polar surface area (TPSA) is 8.17 Å². The SMILES string of the molecule is c1ccc(-c2ccc(N(c3ccc(-c4ccccc4)cc3)c3ccc(-c4ccc5c(c4)c4c(-c6ccccc6)ccc(-c6ccccc6)c4n5-c4ccccc4)cc3)cc2)cc1. The average Bonchev–Trinajstić information content (AvgIpc) is 3.70. The smallest absolute Gasteiger partial charge is 0.0625 e. The van der Waals surface area contributed by atoms with Crippen LogP contribution >= 0.6 is 0 Å². The Labute approximate surface area is 362 Å². The van der Waals surface area contributed by atoms with Crippen molar-refractivity contribution in [3.63, 3.8) is 0 Å². The van der Waals surface area contributed by atoms with Gasteiger partial charge >= 0.3 is 0 Å². The van der Waals surface area contributed by atoms with Gasteiger partial charge in [-0.2, -0.15) is 0 Å². The van der Waals surface area contributed by atoms with Crippen LogP contribution in [0.1, 0.15) is 0 Å². The highest BCUT2D eigenvalue weighted by Gasteiger charge is 2.21. The molecule has 0 N–H and O–H groups in total. The van der Waals surface area contributed by atoms with E-state index in [1.807, 2.05) is 0 Å². The van der Waals surface area contributed by atoms with Crippen LogP contribution in [0.2, 0.25) is 0 Å². The lowest BCUT2D eigenvalue weighted by atomic mass is 9.93. The van der Waals surface area contributed by atoms with Crippen LogP contribution in [0, 0.1) is 0 Å². The number of hydrogen-bond donors (Lipinski definition) is 0. The van der Waals surface area contributed by atoms with E-state index in [9.17, 15) is 0 Å². The molecule has 1 heterocycles. The second kappa shape index (κ2) is 16.1. The maximum absolute atomic E-state index is 2.45. The Hall–Kier alpha value is -8.20. The van der Waals surface area contributed by atoms with E-state index in [4.69, 9.17) is 0 Å². The Morgan fingerprint density at radius 2 is 0.629 bits per heavy atom. The summed E-state index contributed by atoms with van der Waals surface area (Å²) in [6.07, 6.45) is 0. The summed E-state index contributed by atoms with van der Waals surface area (Å²) in [6.45, 7) is 0. The van der Waals surface area contributed by atoms with Crippen molar-refractivity contribution < 1.29 is 0 Å². The van der Waals surface area contributed by atoms with Gasteiger partial charge in [-0.25, -0.2) is 0 Å². The van der Waals surface area contributed by atoms with Crippen LogP contribution in [0.3, 0.4) is 0 Å². The summed E-state index contributed by atoms with van der Waals surface area (Å²) in [5, 5.41) is 2.47. The summed E-state index contributed by atoms with van der Waals surface area (Å²) in [5.74, 6) is 0. The van der Waals surface area contributed by atoms with Gasteiger partial charge in [0, 0.05) is 39.1 Å². The second-order valence-corrected chi connectivity index (χ2v) is 15.7. The summed E-state index contributed by atoms with van der Waals surface area (Å²) in [6, 6.07) is 91.9. The molecule has 62 heavy (non-hydrogen) atoms. The van der Waals surface area contributed by atoms with Crippen molar-refractivity contribution in [2.24, 2.45) is 0 Å². The molecule has 0 aliphatic rings. The van der Waals surface area contributed by atoms with E-state index in [1.165, 1.54) is 71.9 Å². The predicted octanol–water partition coefficient (Wildman–Crippen LogP) is 16.6. The monoisotopic (exact) mass is 790 g/mol. The molecule has 0 unspecified atom stereocenters. The summed E-state index contributed by atoms with van der Waals surface area (Å²) < 4.78 is 2.45. The number of fused-ring (bicyclic) bond motifs is 3. The van der Waals surface area contributed by atoms with Crippen molar-refractivity contribution >= 4 is 38.9 Å². The van der Waals surface area contributed by atoms with Crippen LogP contribution < -0.4 is 4.90 Å². The fourth-order valence-electron chi connectivity index (χ4n) is 9.00. The Bertz CT molecular complexity index is 3180. The minimum absolute atomic E-state index is 1.09. The molecule has 0 saturated carbocycles. The van der Waals surface area contributed by atoms with Gasteiger partial charge in [0.25, 0.3) is 0 Å². The summed E-state index contributed by atoms with van der Waals surface area (Å²) in [4.78, 5) is 2.35. The molecule has 0 atom stereocenters.